The van der Waals surface area contributed by atoms with E-state index in [0.717, 1.165) is 6.29 Å². The summed E-state index contributed by atoms with van der Waals surface area (Å²) in [6.07, 6.45) is 0.464. The van der Waals surface area contributed by atoms with Crippen molar-refractivity contribution in [3.05, 3.63) is 11.0 Å². The molecule has 0 N–H and O–H groups in total. The predicted molar refractivity (Wildman–Crippen MR) is 48.0 cm³/mol. The van der Waals surface area contributed by atoms with Crippen LogP contribution in [-0.4, -0.2) is 42.2 Å². The molecule has 13 heavy (non-hydrogen) atoms. The largest absolute Gasteiger partial charge is 0.368 e. The Kier molecular flexibility index (Phi) is 2.13. The van der Waals surface area contributed by atoms with Gasteiger partial charge in [-0.2, -0.15) is 0 Å². The van der Waals surface area contributed by atoms with E-state index in [2.05, 4.69) is 0 Å². The third-order valence-corrected chi connectivity index (χ3v) is 3.43. The van der Waals surface area contributed by atoms with Crippen LogP contribution in [0.25, 0.3) is 0 Å². The third kappa shape index (κ3) is 1.19. The van der Waals surface area contributed by atoms with Crippen molar-refractivity contribution >= 4 is 24.0 Å². The number of rotatable bonds is 2. The minimum atomic E-state index is -0.325. The lowest BCUT2D eigenvalue weighted by atomic mass is 10.1. The number of hydrogen-bond acceptors (Lipinski definition) is 4. The number of amides is 1. The molecule has 0 radical (unpaired) electrons. The normalized spacial score (nSPS) is 31.9. The van der Waals surface area contributed by atoms with Crippen molar-refractivity contribution in [2.24, 2.45) is 0 Å². The number of carbonyl (C=O) groups excluding carboxylic acids is 2. The van der Waals surface area contributed by atoms with Gasteiger partial charge in [-0.05, 0) is 5.41 Å². The molecule has 0 bridgehead atoms. The number of thioether (sulfide) groups is 1. The van der Waals surface area contributed by atoms with Gasteiger partial charge in [-0.25, -0.2) is 0 Å². The van der Waals surface area contributed by atoms with E-state index >= 15 is 0 Å². The van der Waals surface area contributed by atoms with Crippen LogP contribution in [0.5, 0.6) is 0 Å². The first-order valence-corrected chi connectivity index (χ1v) is 4.85. The van der Waals surface area contributed by atoms with Gasteiger partial charge >= 0.3 is 0 Å². The van der Waals surface area contributed by atoms with E-state index in [-0.39, 0.29) is 17.4 Å². The molecule has 0 aromatic rings. The first kappa shape index (κ1) is 8.77. The lowest BCUT2D eigenvalue weighted by Crippen LogP contribution is -2.64. The van der Waals surface area contributed by atoms with Crippen molar-refractivity contribution in [1.82, 2.24) is 4.90 Å². The van der Waals surface area contributed by atoms with Crippen molar-refractivity contribution in [3.8, 4) is 0 Å². The Morgan fingerprint density at radius 2 is 2.54 bits per heavy atom. The molecular formula is C8H9NO3S. The van der Waals surface area contributed by atoms with Crippen molar-refractivity contribution in [2.75, 3.05) is 13.7 Å². The Balaban J connectivity index is 2.11. The van der Waals surface area contributed by atoms with Crippen molar-refractivity contribution in [1.29, 1.82) is 0 Å². The summed E-state index contributed by atoms with van der Waals surface area (Å²) in [6.45, 7) is 0.430. The molecule has 2 rings (SSSR count). The van der Waals surface area contributed by atoms with Gasteiger partial charge < -0.3 is 9.64 Å². The van der Waals surface area contributed by atoms with Gasteiger partial charge in [0.05, 0.1) is 6.54 Å². The fourth-order valence-electron chi connectivity index (χ4n) is 1.48. The van der Waals surface area contributed by atoms with Crippen LogP contribution in [0.4, 0.5) is 0 Å². The zero-order chi connectivity index (χ0) is 9.42. The number of methoxy groups -OCH3 is 1. The van der Waals surface area contributed by atoms with E-state index in [1.807, 2.05) is 0 Å². The van der Waals surface area contributed by atoms with Gasteiger partial charge in [0.1, 0.15) is 11.7 Å². The lowest BCUT2D eigenvalue weighted by molar-refractivity contribution is -0.161. The molecule has 0 aromatic carbocycles. The van der Waals surface area contributed by atoms with Crippen LogP contribution in [0, 0.1) is 0 Å². The van der Waals surface area contributed by atoms with Crippen LogP contribution in [0.3, 0.4) is 0 Å². The quantitative estimate of drug-likeness (QED) is 0.464. The topological polar surface area (TPSA) is 46.6 Å². The Labute approximate surface area is 79.9 Å². The molecule has 1 saturated heterocycles. The summed E-state index contributed by atoms with van der Waals surface area (Å²) in [7, 11) is 1.53. The van der Waals surface area contributed by atoms with Gasteiger partial charge in [0.15, 0.2) is 6.10 Å². The van der Waals surface area contributed by atoms with E-state index < -0.39 is 0 Å². The van der Waals surface area contributed by atoms with Crippen molar-refractivity contribution in [3.63, 3.8) is 0 Å². The van der Waals surface area contributed by atoms with Gasteiger partial charge in [0.25, 0.3) is 5.91 Å². The number of carbonyl (C=O) groups is 2. The molecule has 0 saturated carbocycles. The van der Waals surface area contributed by atoms with Crippen LogP contribution >= 0.6 is 11.8 Å². The summed E-state index contributed by atoms with van der Waals surface area (Å²) in [5.74, 6) is -0.0209. The van der Waals surface area contributed by atoms with Crippen LogP contribution in [0.15, 0.2) is 11.0 Å². The van der Waals surface area contributed by atoms with E-state index in [1.54, 1.807) is 10.3 Å². The van der Waals surface area contributed by atoms with Crippen molar-refractivity contribution in [2.45, 2.75) is 11.5 Å². The Bertz CT molecular complexity index is 289. The fourth-order valence-corrected chi connectivity index (χ4v) is 2.62. The van der Waals surface area contributed by atoms with Gasteiger partial charge in [-0.1, -0.05) is 0 Å². The molecule has 2 aliphatic rings. The Morgan fingerprint density at radius 1 is 1.77 bits per heavy atom. The minimum Gasteiger partial charge on any atom is -0.368 e. The highest BCUT2D eigenvalue weighted by molar-refractivity contribution is 8.03. The lowest BCUT2D eigenvalue weighted by Gasteiger charge is -2.47. The van der Waals surface area contributed by atoms with Crippen LogP contribution in [0.2, 0.25) is 0 Å². The number of fused-ring (bicyclic) bond motifs is 1. The zero-order valence-corrected chi connectivity index (χ0v) is 7.91. The summed E-state index contributed by atoms with van der Waals surface area (Å²) in [4.78, 5) is 23.4. The number of hydrogen-bond donors (Lipinski definition) is 0. The summed E-state index contributed by atoms with van der Waals surface area (Å²) in [6, 6.07) is 0. The maximum absolute atomic E-state index is 11.3. The second kappa shape index (κ2) is 3.16. The van der Waals surface area contributed by atoms with Crippen LogP contribution in [-0.2, 0) is 14.3 Å². The summed E-state index contributed by atoms with van der Waals surface area (Å²) >= 11 is 1.47. The molecule has 1 amide bonds. The smallest absolute Gasteiger partial charge is 0.256 e. The molecule has 2 aliphatic heterocycles. The molecule has 5 heteroatoms. The van der Waals surface area contributed by atoms with Gasteiger partial charge in [0, 0.05) is 12.7 Å². The van der Waals surface area contributed by atoms with Crippen LogP contribution in [0.1, 0.15) is 0 Å². The molecular weight excluding hydrogens is 190 g/mol. The second-order valence-corrected chi connectivity index (χ2v) is 3.95. The molecule has 2 atom stereocenters. The average Bonchev–Trinajstić information content (AvgIpc) is 2.18. The summed E-state index contributed by atoms with van der Waals surface area (Å²) in [5.41, 5.74) is 0.657. The molecule has 1 fully saturated rings. The monoisotopic (exact) mass is 199 g/mol. The second-order valence-electron chi connectivity index (χ2n) is 2.96. The highest BCUT2D eigenvalue weighted by Crippen LogP contribution is 2.36. The third-order valence-electron chi connectivity index (χ3n) is 2.21. The number of aldehydes is 1. The van der Waals surface area contributed by atoms with E-state index in [1.165, 1.54) is 18.9 Å². The van der Waals surface area contributed by atoms with E-state index in [4.69, 9.17) is 4.74 Å². The Hall–Kier alpha value is -0.810. The number of nitrogens with zero attached hydrogens (tertiary/aromatic N) is 1. The number of β-lactam (4-membered cyclic amide) rings is 1. The summed E-state index contributed by atoms with van der Waals surface area (Å²) < 4.78 is 5.01. The van der Waals surface area contributed by atoms with E-state index in [9.17, 15) is 9.59 Å². The standard InChI is InChI=1S/C8H9NO3S/c1-12-6-7(11)9-2-5(3-10)4-13-8(6)9/h3-4,6,8H,2H2,1H3/t6?,8-/m1/s1. The van der Waals surface area contributed by atoms with Crippen LogP contribution < -0.4 is 0 Å². The number of ether oxygens (including phenoxy) is 1. The molecule has 0 aliphatic carbocycles. The predicted octanol–water partition coefficient (Wildman–Crippen LogP) is -0.000700. The van der Waals surface area contributed by atoms with Gasteiger partial charge in [-0.3, -0.25) is 9.59 Å². The first-order chi connectivity index (χ1) is 6.27. The average molecular weight is 199 g/mol. The molecule has 0 spiro atoms. The summed E-state index contributed by atoms with van der Waals surface area (Å²) in [5, 5.41) is 1.87. The SMILES string of the molecule is COC1C(=O)N2CC(C=O)=CS[C@H]12. The zero-order valence-electron chi connectivity index (χ0n) is 7.10. The highest BCUT2D eigenvalue weighted by Gasteiger charge is 2.49. The van der Waals surface area contributed by atoms with Gasteiger partial charge in [0.2, 0.25) is 0 Å². The molecule has 1 unspecified atom stereocenters. The molecule has 70 valence electrons. The molecule has 4 nitrogen and oxygen atoms in total. The first-order valence-electron chi connectivity index (χ1n) is 3.91. The molecule has 0 aromatic heterocycles. The molecule has 2 heterocycles. The Morgan fingerprint density at radius 3 is 3.15 bits per heavy atom. The fraction of sp³-hybridized carbons (Fsp3) is 0.500. The van der Waals surface area contributed by atoms with Crippen molar-refractivity contribution < 1.29 is 14.3 Å². The van der Waals surface area contributed by atoms with E-state index in [0.29, 0.717) is 12.1 Å². The van der Waals surface area contributed by atoms with Gasteiger partial charge in [-0.15, -0.1) is 11.8 Å². The highest BCUT2D eigenvalue weighted by atomic mass is 32.2. The maximum Gasteiger partial charge on any atom is 0.256 e. The minimum absolute atomic E-state index is 0.0209. The maximum atomic E-state index is 11.3.